The van der Waals surface area contributed by atoms with Crippen LogP contribution in [-0.2, 0) is 16.0 Å². The van der Waals surface area contributed by atoms with Crippen LogP contribution in [0.3, 0.4) is 0 Å². The monoisotopic (exact) mass is 272 g/mol. The van der Waals surface area contributed by atoms with Gasteiger partial charge < -0.3 is 10.2 Å². The predicted octanol–water partition coefficient (Wildman–Crippen LogP) is 2.72. The summed E-state index contributed by atoms with van der Waals surface area (Å²) in [5.41, 5.74) is 2.93. The Morgan fingerprint density at radius 1 is 1.25 bits per heavy atom. The summed E-state index contributed by atoms with van der Waals surface area (Å²) in [6.07, 6.45) is 5.19. The van der Waals surface area contributed by atoms with Gasteiger partial charge in [0.2, 0.25) is 11.8 Å². The second kappa shape index (κ2) is 5.27. The maximum atomic E-state index is 12.1. The number of fused-ring (bicyclic) bond motifs is 1. The zero-order chi connectivity index (χ0) is 14.1. The van der Waals surface area contributed by atoms with E-state index in [0.717, 1.165) is 50.0 Å². The van der Waals surface area contributed by atoms with E-state index in [1.165, 1.54) is 5.56 Å². The molecule has 0 spiro atoms. The molecule has 1 aliphatic heterocycles. The number of benzene rings is 1. The number of rotatable bonds is 2. The van der Waals surface area contributed by atoms with Crippen molar-refractivity contribution in [2.75, 3.05) is 16.8 Å². The van der Waals surface area contributed by atoms with E-state index in [1.54, 1.807) is 11.8 Å². The number of amides is 2. The van der Waals surface area contributed by atoms with Crippen molar-refractivity contribution in [1.29, 1.82) is 0 Å². The number of nitrogens with zero attached hydrogens (tertiary/aromatic N) is 1. The van der Waals surface area contributed by atoms with Gasteiger partial charge in [0, 0.05) is 30.8 Å². The molecule has 1 N–H and O–H groups in total. The summed E-state index contributed by atoms with van der Waals surface area (Å²) in [5, 5.41) is 3.00. The Morgan fingerprint density at radius 2 is 2.00 bits per heavy atom. The SMILES string of the molecule is CC(=O)N1CCc2ccc(NC(=O)C3CCCC3)cc21. The summed E-state index contributed by atoms with van der Waals surface area (Å²) in [4.78, 5) is 25.5. The van der Waals surface area contributed by atoms with Crippen molar-refractivity contribution in [1.82, 2.24) is 0 Å². The average molecular weight is 272 g/mol. The van der Waals surface area contributed by atoms with Gasteiger partial charge in [0.05, 0.1) is 0 Å². The van der Waals surface area contributed by atoms with Gasteiger partial charge in [0.15, 0.2) is 0 Å². The highest BCUT2D eigenvalue weighted by Gasteiger charge is 2.25. The zero-order valence-electron chi connectivity index (χ0n) is 11.8. The van der Waals surface area contributed by atoms with Crippen LogP contribution in [0.15, 0.2) is 18.2 Å². The summed E-state index contributed by atoms with van der Waals surface area (Å²) in [6, 6.07) is 5.88. The molecule has 1 fully saturated rings. The van der Waals surface area contributed by atoms with Gasteiger partial charge in [-0.3, -0.25) is 9.59 Å². The number of hydrogen-bond acceptors (Lipinski definition) is 2. The molecule has 4 heteroatoms. The third-order valence-corrected chi connectivity index (χ3v) is 4.35. The first-order valence-corrected chi connectivity index (χ1v) is 7.37. The van der Waals surface area contributed by atoms with Crippen LogP contribution in [0.4, 0.5) is 11.4 Å². The fraction of sp³-hybridized carbons (Fsp3) is 0.500. The number of anilines is 2. The number of hydrogen-bond donors (Lipinski definition) is 1. The molecule has 2 amide bonds. The lowest BCUT2D eigenvalue weighted by molar-refractivity contribution is -0.119. The third kappa shape index (κ3) is 2.42. The Kier molecular flexibility index (Phi) is 3.47. The van der Waals surface area contributed by atoms with Crippen molar-refractivity contribution < 1.29 is 9.59 Å². The van der Waals surface area contributed by atoms with Crippen LogP contribution >= 0.6 is 0 Å². The minimum atomic E-state index is 0.0584. The smallest absolute Gasteiger partial charge is 0.227 e. The zero-order valence-corrected chi connectivity index (χ0v) is 11.8. The average Bonchev–Trinajstić information content (AvgIpc) is 3.07. The van der Waals surface area contributed by atoms with E-state index in [4.69, 9.17) is 0 Å². The van der Waals surface area contributed by atoms with Crippen molar-refractivity contribution in [3.63, 3.8) is 0 Å². The second-order valence-corrected chi connectivity index (χ2v) is 5.73. The Balaban J connectivity index is 1.76. The van der Waals surface area contributed by atoms with Crippen molar-refractivity contribution >= 4 is 23.2 Å². The quantitative estimate of drug-likeness (QED) is 0.900. The minimum Gasteiger partial charge on any atom is -0.326 e. The van der Waals surface area contributed by atoms with Crippen LogP contribution in [-0.4, -0.2) is 18.4 Å². The fourth-order valence-corrected chi connectivity index (χ4v) is 3.22. The molecular weight excluding hydrogens is 252 g/mol. The maximum absolute atomic E-state index is 12.1. The molecule has 2 aliphatic rings. The van der Waals surface area contributed by atoms with Crippen LogP contribution in [0.25, 0.3) is 0 Å². The summed E-state index contributed by atoms with van der Waals surface area (Å²) in [6.45, 7) is 2.32. The molecular formula is C16H20N2O2. The van der Waals surface area contributed by atoms with Crippen LogP contribution in [0.1, 0.15) is 38.2 Å². The van der Waals surface area contributed by atoms with Crippen molar-refractivity contribution in [2.45, 2.75) is 39.0 Å². The first-order chi connectivity index (χ1) is 9.65. The van der Waals surface area contributed by atoms with Crippen LogP contribution in [0, 0.1) is 5.92 Å². The van der Waals surface area contributed by atoms with Crippen LogP contribution in [0.5, 0.6) is 0 Å². The van der Waals surface area contributed by atoms with Crippen molar-refractivity contribution in [2.24, 2.45) is 5.92 Å². The standard InChI is InChI=1S/C16H20N2O2/c1-11(19)18-9-8-12-6-7-14(10-15(12)18)17-16(20)13-4-2-3-5-13/h6-7,10,13H,2-5,8-9H2,1H3,(H,17,20). The molecule has 4 nitrogen and oxygen atoms in total. The van der Waals surface area contributed by atoms with Crippen molar-refractivity contribution in [3.8, 4) is 0 Å². The molecule has 20 heavy (non-hydrogen) atoms. The van der Waals surface area contributed by atoms with E-state index in [2.05, 4.69) is 5.32 Å². The normalized spacial score (nSPS) is 18.1. The van der Waals surface area contributed by atoms with Gasteiger partial charge in [-0.25, -0.2) is 0 Å². The molecule has 0 bridgehead atoms. The van der Waals surface area contributed by atoms with Gasteiger partial charge >= 0.3 is 0 Å². The highest BCUT2D eigenvalue weighted by molar-refractivity contribution is 5.97. The molecule has 1 aliphatic carbocycles. The number of carbonyl (C=O) groups excluding carboxylic acids is 2. The second-order valence-electron chi connectivity index (χ2n) is 5.73. The summed E-state index contributed by atoms with van der Waals surface area (Å²) >= 11 is 0. The molecule has 1 aromatic rings. The fourth-order valence-electron chi connectivity index (χ4n) is 3.22. The Bertz CT molecular complexity index is 547. The van der Waals surface area contributed by atoms with E-state index >= 15 is 0 Å². The van der Waals surface area contributed by atoms with Gasteiger partial charge in [-0.05, 0) is 37.0 Å². The maximum Gasteiger partial charge on any atom is 0.227 e. The highest BCUT2D eigenvalue weighted by Crippen LogP contribution is 2.32. The van der Waals surface area contributed by atoms with Gasteiger partial charge in [-0.1, -0.05) is 18.9 Å². The topological polar surface area (TPSA) is 49.4 Å². The Labute approximate surface area is 119 Å². The lowest BCUT2D eigenvalue weighted by Crippen LogP contribution is -2.26. The van der Waals surface area contributed by atoms with Gasteiger partial charge in [0.1, 0.15) is 0 Å². The van der Waals surface area contributed by atoms with E-state index in [0.29, 0.717) is 0 Å². The Morgan fingerprint density at radius 3 is 2.70 bits per heavy atom. The molecule has 106 valence electrons. The van der Waals surface area contributed by atoms with Crippen LogP contribution < -0.4 is 10.2 Å². The van der Waals surface area contributed by atoms with Crippen LogP contribution in [0.2, 0.25) is 0 Å². The molecule has 3 rings (SSSR count). The van der Waals surface area contributed by atoms with Gasteiger partial charge in [-0.2, -0.15) is 0 Å². The highest BCUT2D eigenvalue weighted by atomic mass is 16.2. The summed E-state index contributed by atoms with van der Waals surface area (Å²) < 4.78 is 0. The molecule has 0 aromatic heterocycles. The molecule has 0 unspecified atom stereocenters. The summed E-state index contributed by atoms with van der Waals surface area (Å²) in [7, 11) is 0. The molecule has 1 saturated carbocycles. The first kappa shape index (κ1) is 13.2. The van der Waals surface area contributed by atoms with E-state index < -0.39 is 0 Å². The third-order valence-electron chi connectivity index (χ3n) is 4.35. The van der Waals surface area contributed by atoms with E-state index in [-0.39, 0.29) is 17.7 Å². The first-order valence-electron chi connectivity index (χ1n) is 7.37. The molecule has 0 radical (unpaired) electrons. The lowest BCUT2D eigenvalue weighted by atomic mass is 10.1. The van der Waals surface area contributed by atoms with Crippen molar-refractivity contribution in [3.05, 3.63) is 23.8 Å². The molecule has 1 aromatic carbocycles. The van der Waals surface area contributed by atoms with E-state index in [9.17, 15) is 9.59 Å². The molecule has 0 saturated heterocycles. The number of nitrogens with one attached hydrogen (secondary N) is 1. The molecule has 0 atom stereocenters. The van der Waals surface area contributed by atoms with Gasteiger partial charge in [0.25, 0.3) is 0 Å². The van der Waals surface area contributed by atoms with E-state index in [1.807, 2.05) is 18.2 Å². The predicted molar refractivity (Wildman–Crippen MR) is 78.8 cm³/mol. The number of carbonyl (C=O) groups is 2. The summed E-state index contributed by atoms with van der Waals surface area (Å²) in [5.74, 6) is 0.338. The Hall–Kier alpha value is -1.84. The minimum absolute atomic E-state index is 0.0584. The molecule has 1 heterocycles. The lowest BCUT2D eigenvalue weighted by Gasteiger charge is -2.16. The van der Waals surface area contributed by atoms with Gasteiger partial charge in [-0.15, -0.1) is 0 Å². The largest absolute Gasteiger partial charge is 0.326 e.